The zero-order chi connectivity index (χ0) is 10.8. The third-order valence-electron chi connectivity index (χ3n) is 1.31. The Balaban J connectivity index is 3.03. The van der Waals surface area contributed by atoms with Gasteiger partial charge in [0.25, 0.3) is 5.69 Å². The Bertz CT molecular complexity index is 436. The maximum Gasteiger partial charge on any atom is 0.290 e. The van der Waals surface area contributed by atoms with Crippen LogP contribution in [0.5, 0.6) is 0 Å². The number of sulfonamides is 1. The van der Waals surface area contributed by atoms with Gasteiger partial charge in [-0.15, -0.1) is 11.3 Å². The fourth-order valence-corrected chi connectivity index (χ4v) is 2.80. The number of nitro groups is 1. The van der Waals surface area contributed by atoms with E-state index in [2.05, 4.69) is 10.1 Å². The van der Waals surface area contributed by atoms with Crippen LogP contribution in [-0.4, -0.2) is 19.9 Å². The van der Waals surface area contributed by atoms with Gasteiger partial charge in [-0.25, -0.2) is 13.1 Å². The monoisotopic (exact) mass is 235 g/mol. The van der Waals surface area contributed by atoms with E-state index in [9.17, 15) is 18.5 Å². The molecule has 0 unspecified atom stereocenters. The SMILES string of the molecule is CCNS(=O)(=O)c1cc([N+](=O)[O-])[c]s1. The second kappa shape index (κ2) is 4.03. The average Bonchev–Trinajstić information content (AvgIpc) is 2.51. The smallest absolute Gasteiger partial charge is 0.258 e. The Labute approximate surface area is 84.8 Å². The molecule has 0 aliphatic heterocycles. The van der Waals surface area contributed by atoms with E-state index >= 15 is 0 Å². The Hall–Kier alpha value is -0.990. The predicted octanol–water partition coefficient (Wildman–Crippen LogP) is 0.755. The van der Waals surface area contributed by atoms with Crippen molar-refractivity contribution in [2.75, 3.05) is 6.54 Å². The van der Waals surface area contributed by atoms with Crippen molar-refractivity contribution < 1.29 is 13.3 Å². The standard InChI is InChI=1S/C6H7N2O4S2/c1-2-7-14(11,12)6-3-5(4-13-6)8(9)10/h3,7H,2H2,1H3. The molecule has 8 heteroatoms. The summed E-state index contributed by atoms with van der Waals surface area (Å²) in [5.41, 5.74) is -0.327. The van der Waals surface area contributed by atoms with Crippen LogP contribution in [0.15, 0.2) is 10.3 Å². The highest BCUT2D eigenvalue weighted by Gasteiger charge is 2.19. The van der Waals surface area contributed by atoms with Crippen molar-refractivity contribution in [3.8, 4) is 0 Å². The van der Waals surface area contributed by atoms with Gasteiger partial charge in [-0.2, -0.15) is 0 Å². The van der Waals surface area contributed by atoms with Gasteiger partial charge in [0, 0.05) is 12.6 Å². The summed E-state index contributed by atoms with van der Waals surface area (Å²) in [5.74, 6) is 0. The van der Waals surface area contributed by atoms with E-state index in [1.54, 1.807) is 6.92 Å². The quantitative estimate of drug-likeness (QED) is 0.616. The molecule has 0 amide bonds. The first kappa shape index (κ1) is 11.1. The summed E-state index contributed by atoms with van der Waals surface area (Å²) in [5, 5.41) is 12.6. The first-order chi connectivity index (χ1) is 6.47. The van der Waals surface area contributed by atoms with Gasteiger partial charge >= 0.3 is 0 Å². The normalized spacial score (nSPS) is 11.5. The molecular weight excluding hydrogens is 228 g/mol. The van der Waals surface area contributed by atoms with E-state index in [-0.39, 0.29) is 16.4 Å². The third kappa shape index (κ3) is 2.28. The molecule has 1 N–H and O–H groups in total. The lowest BCUT2D eigenvalue weighted by atomic mass is 10.6. The number of rotatable bonds is 4. The Morgan fingerprint density at radius 2 is 2.36 bits per heavy atom. The molecule has 6 nitrogen and oxygen atoms in total. The van der Waals surface area contributed by atoms with Crippen LogP contribution in [0.1, 0.15) is 6.92 Å². The lowest BCUT2D eigenvalue weighted by Gasteiger charge is -1.98. The summed E-state index contributed by atoms with van der Waals surface area (Å²) in [7, 11) is -3.59. The summed E-state index contributed by atoms with van der Waals surface area (Å²) in [6.07, 6.45) is 0. The average molecular weight is 235 g/mol. The minimum atomic E-state index is -3.59. The van der Waals surface area contributed by atoms with Crippen molar-refractivity contribution in [1.82, 2.24) is 4.72 Å². The van der Waals surface area contributed by atoms with Gasteiger partial charge in [-0.1, -0.05) is 6.92 Å². The van der Waals surface area contributed by atoms with Crippen molar-refractivity contribution in [1.29, 1.82) is 0 Å². The van der Waals surface area contributed by atoms with Crippen molar-refractivity contribution in [2.24, 2.45) is 0 Å². The van der Waals surface area contributed by atoms with Crippen molar-refractivity contribution in [2.45, 2.75) is 11.1 Å². The Morgan fingerprint density at radius 1 is 1.71 bits per heavy atom. The maximum atomic E-state index is 11.3. The number of thiophene rings is 1. The van der Waals surface area contributed by atoms with E-state index in [1.165, 1.54) is 0 Å². The Kier molecular flexibility index (Phi) is 3.19. The summed E-state index contributed by atoms with van der Waals surface area (Å²) in [4.78, 5) is 9.59. The summed E-state index contributed by atoms with van der Waals surface area (Å²) in [6.45, 7) is 1.87. The number of hydrogen-bond acceptors (Lipinski definition) is 5. The van der Waals surface area contributed by atoms with Crippen LogP contribution in [0.3, 0.4) is 0 Å². The van der Waals surface area contributed by atoms with Crippen LogP contribution >= 0.6 is 11.3 Å². The minimum Gasteiger partial charge on any atom is -0.258 e. The van der Waals surface area contributed by atoms with Crippen LogP contribution in [0.25, 0.3) is 0 Å². The highest BCUT2D eigenvalue weighted by Crippen LogP contribution is 2.24. The van der Waals surface area contributed by atoms with Gasteiger partial charge in [0.1, 0.15) is 9.59 Å². The van der Waals surface area contributed by atoms with Gasteiger partial charge in [0.2, 0.25) is 10.0 Å². The molecule has 1 rings (SSSR count). The molecule has 1 aromatic rings. The summed E-state index contributed by atoms with van der Waals surface area (Å²) in [6, 6.07) is 0.989. The fourth-order valence-electron chi connectivity index (χ4n) is 0.757. The second-order valence-corrected chi connectivity index (χ2v) is 5.15. The van der Waals surface area contributed by atoms with Crippen LogP contribution in [0.2, 0.25) is 0 Å². The Morgan fingerprint density at radius 3 is 2.79 bits per heavy atom. The molecule has 0 atom stereocenters. The topological polar surface area (TPSA) is 89.3 Å². The molecule has 0 spiro atoms. The van der Waals surface area contributed by atoms with Crippen molar-refractivity contribution in [3.63, 3.8) is 0 Å². The molecule has 1 heterocycles. The molecule has 77 valence electrons. The molecule has 0 bridgehead atoms. The first-order valence-corrected chi connectivity index (χ1v) is 5.93. The highest BCUT2D eigenvalue weighted by molar-refractivity contribution is 7.91. The van der Waals surface area contributed by atoms with Crippen molar-refractivity contribution >= 4 is 27.0 Å². The molecule has 0 aliphatic rings. The molecular formula is C6H7N2O4S2. The number of nitrogens with zero attached hydrogens (tertiary/aromatic N) is 1. The zero-order valence-electron chi connectivity index (χ0n) is 7.18. The lowest BCUT2D eigenvalue weighted by molar-refractivity contribution is -0.384. The number of hydrogen-bond donors (Lipinski definition) is 1. The fraction of sp³-hybridized carbons (Fsp3) is 0.333. The van der Waals surface area contributed by atoms with Gasteiger partial charge < -0.3 is 0 Å². The van der Waals surface area contributed by atoms with Crippen LogP contribution < -0.4 is 4.72 Å². The lowest BCUT2D eigenvalue weighted by Crippen LogP contribution is -2.22. The first-order valence-electron chi connectivity index (χ1n) is 3.63. The van der Waals surface area contributed by atoms with E-state index < -0.39 is 14.9 Å². The molecule has 1 radical (unpaired) electrons. The zero-order valence-corrected chi connectivity index (χ0v) is 8.81. The third-order valence-corrected chi connectivity index (χ3v) is 4.16. The van der Waals surface area contributed by atoms with Gasteiger partial charge in [-0.3, -0.25) is 10.1 Å². The van der Waals surface area contributed by atoms with E-state index in [1.807, 2.05) is 0 Å². The largest absolute Gasteiger partial charge is 0.290 e. The molecule has 0 saturated heterocycles. The van der Waals surface area contributed by atoms with Gasteiger partial charge in [0.15, 0.2) is 0 Å². The summed E-state index contributed by atoms with van der Waals surface area (Å²) >= 11 is 0.708. The highest BCUT2D eigenvalue weighted by atomic mass is 32.2. The molecule has 0 saturated carbocycles. The maximum absolute atomic E-state index is 11.3. The summed E-state index contributed by atoms with van der Waals surface area (Å²) < 4.78 is 24.8. The van der Waals surface area contributed by atoms with E-state index in [0.29, 0.717) is 11.3 Å². The van der Waals surface area contributed by atoms with Crippen LogP contribution in [0.4, 0.5) is 5.69 Å². The van der Waals surface area contributed by atoms with Crippen molar-refractivity contribution in [3.05, 3.63) is 21.6 Å². The molecule has 0 aliphatic carbocycles. The minimum absolute atomic E-state index is 0.0916. The second-order valence-electron chi connectivity index (χ2n) is 2.31. The van der Waals surface area contributed by atoms with Crippen LogP contribution in [0, 0.1) is 15.5 Å². The van der Waals surface area contributed by atoms with E-state index in [0.717, 1.165) is 6.07 Å². The molecule has 0 aromatic carbocycles. The molecule has 14 heavy (non-hydrogen) atoms. The van der Waals surface area contributed by atoms with E-state index in [4.69, 9.17) is 0 Å². The van der Waals surface area contributed by atoms with Crippen LogP contribution in [-0.2, 0) is 10.0 Å². The predicted molar refractivity (Wildman–Crippen MR) is 50.7 cm³/mol. The molecule has 0 fully saturated rings. The van der Waals surface area contributed by atoms with Gasteiger partial charge in [-0.05, 0) is 0 Å². The number of nitrogens with one attached hydrogen (secondary N) is 1. The van der Waals surface area contributed by atoms with Gasteiger partial charge in [0.05, 0.1) is 4.92 Å². The molecule has 1 aromatic heterocycles.